The van der Waals surface area contributed by atoms with E-state index >= 15 is 0 Å². The molecule has 1 aromatic rings. The van der Waals surface area contributed by atoms with Crippen molar-refractivity contribution in [3.05, 3.63) is 11.7 Å². The van der Waals surface area contributed by atoms with Crippen molar-refractivity contribution in [1.82, 2.24) is 15.0 Å². The number of hydrogen-bond acceptors (Lipinski definition) is 6. The third-order valence-corrected chi connectivity index (χ3v) is 6.23. The average molecular weight is 363 g/mol. The third kappa shape index (κ3) is 3.64. The third-order valence-electron chi connectivity index (χ3n) is 6.23. The molecule has 7 nitrogen and oxygen atoms in total. The van der Waals surface area contributed by atoms with Crippen molar-refractivity contribution in [2.24, 2.45) is 5.92 Å². The second kappa shape index (κ2) is 7.64. The summed E-state index contributed by atoms with van der Waals surface area (Å²) in [5.74, 6) is 2.47. The molecule has 144 valence electrons. The molecule has 2 aliphatic heterocycles. The molecule has 0 N–H and O–H groups in total. The predicted molar refractivity (Wildman–Crippen MR) is 93.8 cm³/mol. The first kappa shape index (κ1) is 17.9. The molecular weight excluding hydrogens is 334 g/mol. The van der Waals surface area contributed by atoms with Crippen LogP contribution in [0.3, 0.4) is 0 Å². The molecule has 0 radical (unpaired) electrons. The highest BCUT2D eigenvalue weighted by molar-refractivity contribution is 5.81. The number of hydrogen-bond donors (Lipinski definition) is 0. The quantitative estimate of drug-likeness (QED) is 0.772. The van der Waals surface area contributed by atoms with Gasteiger partial charge in [-0.25, -0.2) is 0 Å². The zero-order valence-electron chi connectivity index (χ0n) is 15.6. The number of piperidine rings is 1. The average Bonchev–Trinajstić information content (AvgIpc) is 3.43. The molecule has 1 aromatic heterocycles. The molecule has 2 saturated heterocycles. The highest BCUT2D eigenvalue weighted by Crippen LogP contribution is 2.40. The van der Waals surface area contributed by atoms with Gasteiger partial charge in [-0.05, 0) is 44.9 Å². The van der Waals surface area contributed by atoms with Crippen LogP contribution in [0.25, 0.3) is 0 Å². The monoisotopic (exact) mass is 363 g/mol. The van der Waals surface area contributed by atoms with E-state index in [0.717, 1.165) is 83.0 Å². The maximum Gasteiger partial charge on any atom is 0.229 e. The van der Waals surface area contributed by atoms with Crippen molar-refractivity contribution in [3.8, 4) is 0 Å². The summed E-state index contributed by atoms with van der Waals surface area (Å²) in [6, 6.07) is 0. The van der Waals surface area contributed by atoms with Gasteiger partial charge in [0.25, 0.3) is 0 Å². The SMILES string of the molecule is COCCC1(c2noc(C3CCOCC3)n2)CCN(C(=O)C2CC2)CC1. The smallest absolute Gasteiger partial charge is 0.229 e. The highest BCUT2D eigenvalue weighted by atomic mass is 16.5. The van der Waals surface area contributed by atoms with Gasteiger partial charge in [-0.1, -0.05) is 5.16 Å². The Hall–Kier alpha value is -1.47. The van der Waals surface area contributed by atoms with Crippen molar-refractivity contribution in [2.75, 3.05) is 40.0 Å². The summed E-state index contributed by atoms with van der Waals surface area (Å²) in [6.07, 6.45) is 6.62. The number of amides is 1. The van der Waals surface area contributed by atoms with Gasteiger partial charge in [0.2, 0.25) is 11.8 Å². The van der Waals surface area contributed by atoms with Crippen LogP contribution in [-0.4, -0.2) is 61.0 Å². The van der Waals surface area contributed by atoms with Gasteiger partial charge in [-0.3, -0.25) is 4.79 Å². The predicted octanol–water partition coefficient (Wildman–Crippen LogP) is 2.27. The molecule has 4 rings (SSSR count). The van der Waals surface area contributed by atoms with Crippen LogP contribution in [0.1, 0.15) is 62.6 Å². The Morgan fingerprint density at radius 1 is 1.23 bits per heavy atom. The van der Waals surface area contributed by atoms with Gasteiger partial charge in [-0.15, -0.1) is 0 Å². The van der Waals surface area contributed by atoms with Gasteiger partial charge in [0, 0.05) is 57.3 Å². The summed E-state index contributed by atoms with van der Waals surface area (Å²) < 4.78 is 16.4. The number of aromatic nitrogens is 2. The number of ether oxygens (including phenoxy) is 2. The summed E-state index contributed by atoms with van der Waals surface area (Å²) in [4.78, 5) is 19.2. The maximum absolute atomic E-state index is 12.4. The minimum absolute atomic E-state index is 0.150. The van der Waals surface area contributed by atoms with Gasteiger partial charge in [0.15, 0.2) is 5.82 Å². The fourth-order valence-electron chi connectivity index (χ4n) is 4.19. The van der Waals surface area contributed by atoms with Gasteiger partial charge in [0.1, 0.15) is 0 Å². The molecule has 0 spiro atoms. The van der Waals surface area contributed by atoms with Crippen LogP contribution in [0, 0.1) is 5.92 Å². The fourth-order valence-corrected chi connectivity index (χ4v) is 4.19. The summed E-state index contributed by atoms with van der Waals surface area (Å²) in [5, 5.41) is 4.37. The van der Waals surface area contributed by atoms with Crippen LogP contribution >= 0.6 is 0 Å². The molecule has 3 aliphatic rings. The van der Waals surface area contributed by atoms with E-state index < -0.39 is 0 Å². The van der Waals surface area contributed by atoms with E-state index in [0.29, 0.717) is 18.4 Å². The topological polar surface area (TPSA) is 77.7 Å². The van der Waals surface area contributed by atoms with E-state index in [1.807, 2.05) is 4.90 Å². The number of likely N-dealkylation sites (tertiary alicyclic amines) is 1. The van der Waals surface area contributed by atoms with Crippen LogP contribution in [-0.2, 0) is 19.7 Å². The summed E-state index contributed by atoms with van der Waals surface area (Å²) >= 11 is 0. The molecule has 0 bridgehead atoms. The second-order valence-electron chi connectivity index (χ2n) is 7.97. The second-order valence-corrected chi connectivity index (χ2v) is 7.97. The fraction of sp³-hybridized carbons (Fsp3) is 0.842. The Bertz CT molecular complexity index is 614. The molecule has 0 unspecified atom stereocenters. The number of methoxy groups -OCH3 is 1. The van der Waals surface area contributed by atoms with Gasteiger partial charge >= 0.3 is 0 Å². The zero-order valence-corrected chi connectivity index (χ0v) is 15.6. The maximum atomic E-state index is 12.4. The molecule has 1 amide bonds. The molecule has 26 heavy (non-hydrogen) atoms. The van der Waals surface area contributed by atoms with Crippen molar-refractivity contribution in [3.63, 3.8) is 0 Å². The van der Waals surface area contributed by atoms with E-state index in [-0.39, 0.29) is 11.3 Å². The molecular formula is C19H29N3O4. The summed E-state index contributed by atoms with van der Waals surface area (Å²) in [5.41, 5.74) is -0.150. The minimum atomic E-state index is -0.150. The number of carbonyl (C=O) groups is 1. The Morgan fingerprint density at radius 3 is 2.62 bits per heavy atom. The molecule has 3 heterocycles. The van der Waals surface area contributed by atoms with Crippen molar-refractivity contribution in [1.29, 1.82) is 0 Å². The molecule has 3 fully saturated rings. The first-order chi connectivity index (χ1) is 12.7. The van der Waals surface area contributed by atoms with E-state index in [2.05, 4.69) is 5.16 Å². The Morgan fingerprint density at radius 2 is 1.96 bits per heavy atom. The first-order valence-corrected chi connectivity index (χ1v) is 9.91. The minimum Gasteiger partial charge on any atom is -0.385 e. The lowest BCUT2D eigenvalue weighted by Gasteiger charge is -2.40. The van der Waals surface area contributed by atoms with Gasteiger partial charge in [-0.2, -0.15) is 4.98 Å². The van der Waals surface area contributed by atoms with Crippen LogP contribution in [0.2, 0.25) is 0 Å². The first-order valence-electron chi connectivity index (χ1n) is 9.91. The van der Waals surface area contributed by atoms with Crippen molar-refractivity contribution in [2.45, 2.75) is 56.3 Å². The van der Waals surface area contributed by atoms with Crippen LogP contribution in [0.15, 0.2) is 4.52 Å². The van der Waals surface area contributed by atoms with E-state index in [1.165, 1.54) is 0 Å². The Labute approximate surface area is 154 Å². The normalized spacial score (nSPS) is 24.0. The van der Waals surface area contributed by atoms with Crippen LogP contribution in [0.4, 0.5) is 0 Å². The van der Waals surface area contributed by atoms with Crippen molar-refractivity contribution >= 4 is 5.91 Å². The molecule has 0 atom stereocenters. The van der Waals surface area contributed by atoms with Crippen molar-refractivity contribution < 1.29 is 18.8 Å². The molecule has 1 saturated carbocycles. The number of nitrogens with zero attached hydrogens (tertiary/aromatic N) is 3. The van der Waals surface area contributed by atoms with E-state index in [4.69, 9.17) is 19.0 Å². The highest BCUT2D eigenvalue weighted by Gasteiger charge is 2.43. The van der Waals surface area contributed by atoms with Crippen LogP contribution in [0.5, 0.6) is 0 Å². The lowest BCUT2D eigenvalue weighted by atomic mass is 9.75. The van der Waals surface area contributed by atoms with Gasteiger partial charge in [0.05, 0.1) is 0 Å². The summed E-state index contributed by atoms with van der Waals surface area (Å²) in [7, 11) is 1.73. The number of carbonyl (C=O) groups excluding carboxylic acids is 1. The summed E-state index contributed by atoms with van der Waals surface area (Å²) in [6.45, 7) is 3.74. The van der Waals surface area contributed by atoms with E-state index in [1.54, 1.807) is 7.11 Å². The Kier molecular flexibility index (Phi) is 5.27. The largest absolute Gasteiger partial charge is 0.385 e. The number of rotatable bonds is 6. The zero-order chi connectivity index (χ0) is 18.0. The molecule has 7 heteroatoms. The van der Waals surface area contributed by atoms with Crippen LogP contribution < -0.4 is 0 Å². The molecule has 1 aliphatic carbocycles. The molecule has 0 aromatic carbocycles. The Balaban J connectivity index is 1.48. The standard InChI is InChI=1S/C19H29N3O4/c1-24-13-8-19(6-9-22(10-7-19)17(23)15-2-3-15)18-20-16(26-21-18)14-4-11-25-12-5-14/h14-15H,2-13H2,1H3. The lowest BCUT2D eigenvalue weighted by Crippen LogP contribution is -2.46. The van der Waals surface area contributed by atoms with Gasteiger partial charge < -0.3 is 18.9 Å². The lowest BCUT2D eigenvalue weighted by molar-refractivity contribution is -0.134. The van der Waals surface area contributed by atoms with E-state index in [9.17, 15) is 4.79 Å².